The van der Waals surface area contributed by atoms with Crippen molar-refractivity contribution in [2.75, 3.05) is 32.1 Å². The van der Waals surface area contributed by atoms with Crippen LogP contribution in [0.3, 0.4) is 0 Å². The summed E-state index contributed by atoms with van der Waals surface area (Å²) in [5.41, 5.74) is 2.80. The van der Waals surface area contributed by atoms with E-state index in [1.807, 2.05) is 25.1 Å². The number of amides is 1. The maximum atomic E-state index is 12.3. The van der Waals surface area contributed by atoms with Gasteiger partial charge in [0.25, 0.3) is 5.91 Å². The van der Waals surface area contributed by atoms with E-state index in [0.29, 0.717) is 12.1 Å². The van der Waals surface area contributed by atoms with Gasteiger partial charge >= 0.3 is 0 Å². The Hall–Kier alpha value is -1.55. The second-order valence-corrected chi connectivity index (χ2v) is 6.34. The molecule has 2 N–H and O–H groups in total. The van der Waals surface area contributed by atoms with Crippen LogP contribution >= 0.6 is 0 Å². The first-order valence-electron chi connectivity index (χ1n) is 6.96. The van der Waals surface area contributed by atoms with Gasteiger partial charge < -0.3 is 15.3 Å². The van der Waals surface area contributed by atoms with E-state index in [0.717, 1.165) is 17.8 Å². The molecule has 0 aromatic heterocycles. The van der Waals surface area contributed by atoms with Crippen LogP contribution in [0.4, 0.5) is 5.69 Å². The average molecular weight is 278 g/mol. The number of likely N-dealkylation sites (N-methyl/N-ethyl adjacent to an activating group) is 1. The number of carbonyl (C=O) groups excluding carboxylic acids is 1. The van der Waals surface area contributed by atoms with Gasteiger partial charge in [0.05, 0.1) is 6.61 Å². The predicted octanol–water partition coefficient (Wildman–Crippen LogP) is 2.52. The lowest BCUT2D eigenvalue weighted by Crippen LogP contribution is -2.30. The molecule has 1 rings (SSSR count). The van der Waals surface area contributed by atoms with Crippen LogP contribution in [0, 0.1) is 12.3 Å². The summed E-state index contributed by atoms with van der Waals surface area (Å²) >= 11 is 0. The van der Waals surface area contributed by atoms with E-state index in [-0.39, 0.29) is 17.9 Å². The first-order valence-corrected chi connectivity index (χ1v) is 6.96. The standard InChI is InChI=1S/C16H26N2O2/c1-12-13(15(20)18(5)9-10-19)7-6-8-14(12)17-11-16(2,3)4/h6-8,17,19H,9-11H2,1-5H3. The summed E-state index contributed by atoms with van der Waals surface area (Å²) in [6, 6.07) is 5.70. The lowest BCUT2D eigenvalue weighted by Gasteiger charge is -2.22. The van der Waals surface area contributed by atoms with Gasteiger partial charge in [-0.2, -0.15) is 0 Å². The summed E-state index contributed by atoms with van der Waals surface area (Å²) in [5.74, 6) is -0.0593. The van der Waals surface area contributed by atoms with Crippen molar-refractivity contribution in [1.82, 2.24) is 4.90 Å². The van der Waals surface area contributed by atoms with E-state index in [4.69, 9.17) is 5.11 Å². The summed E-state index contributed by atoms with van der Waals surface area (Å²) in [6.45, 7) is 9.61. The number of anilines is 1. The Kier molecular flexibility index (Phi) is 5.57. The minimum Gasteiger partial charge on any atom is -0.395 e. The Balaban J connectivity index is 2.92. The van der Waals surface area contributed by atoms with Crippen LogP contribution in [-0.4, -0.2) is 42.7 Å². The van der Waals surface area contributed by atoms with Crippen molar-refractivity contribution in [2.24, 2.45) is 5.41 Å². The van der Waals surface area contributed by atoms with E-state index in [1.54, 1.807) is 7.05 Å². The highest BCUT2D eigenvalue weighted by molar-refractivity contribution is 5.96. The Morgan fingerprint density at radius 3 is 2.55 bits per heavy atom. The first kappa shape index (κ1) is 16.5. The van der Waals surface area contributed by atoms with Crippen LogP contribution in [0.2, 0.25) is 0 Å². The molecule has 1 aromatic carbocycles. The number of carbonyl (C=O) groups is 1. The molecule has 20 heavy (non-hydrogen) atoms. The second kappa shape index (κ2) is 6.75. The van der Waals surface area contributed by atoms with Gasteiger partial charge in [-0.15, -0.1) is 0 Å². The molecule has 0 heterocycles. The van der Waals surface area contributed by atoms with Crippen molar-refractivity contribution in [3.8, 4) is 0 Å². The molecule has 1 amide bonds. The molecule has 4 nitrogen and oxygen atoms in total. The summed E-state index contributed by atoms with van der Waals surface area (Å²) in [6.07, 6.45) is 0. The lowest BCUT2D eigenvalue weighted by molar-refractivity contribution is 0.0766. The molecule has 1 aromatic rings. The SMILES string of the molecule is Cc1c(NCC(C)(C)C)cccc1C(=O)N(C)CCO. The van der Waals surface area contributed by atoms with Crippen molar-refractivity contribution in [1.29, 1.82) is 0 Å². The summed E-state index contributed by atoms with van der Waals surface area (Å²) in [7, 11) is 1.70. The highest BCUT2D eigenvalue weighted by atomic mass is 16.3. The molecule has 0 spiro atoms. The van der Waals surface area contributed by atoms with Crippen molar-refractivity contribution in [3.05, 3.63) is 29.3 Å². The molecule has 0 saturated carbocycles. The molecule has 0 radical (unpaired) electrons. The summed E-state index contributed by atoms with van der Waals surface area (Å²) < 4.78 is 0. The van der Waals surface area contributed by atoms with E-state index in [2.05, 4.69) is 26.1 Å². The van der Waals surface area contributed by atoms with E-state index in [9.17, 15) is 4.79 Å². The third kappa shape index (κ3) is 4.53. The van der Waals surface area contributed by atoms with Gasteiger partial charge in [-0.05, 0) is 30.0 Å². The van der Waals surface area contributed by atoms with Gasteiger partial charge in [-0.3, -0.25) is 4.79 Å². The number of rotatable bonds is 5. The normalized spacial score (nSPS) is 11.3. The molecule has 0 aliphatic rings. The monoisotopic (exact) mass is 278 g/mol. The second-order valence-electron chi connectivity index (χ2n) is 6.34. The van der Waals surface area contributed by atoms with Crippen LogP contribution in [0.1, 0.15) is 36.7 Å². The van der Waals surface area contributed by atoms with E-state index >= 15 is 0 Å². The van der Waals surface area contributed by atoms with Crippen LogP contribution < -0.4 is 5.32 Å². The summed E-state index contributed by atoms with van der Waals surface area (Å²) in [4.78, 5) is 13.8. The average Bonchev–Trinajstić information content (AvgIpc) is 2.36. The van der Waals surface area contributed by atoms with Gasteiger partial charge in [0.1, 0.15) is 0 Å². The number of benzene rings is 1. The third-order valence-corrected chi connectivity index (χ3v) is 3.16. The summed E-state index contributed by atoms with van der Waals surface area (Å²) in [5, 5.41) is 12.3. The van der Waals surface area contributed by atoms with Gasteiger partial charge in [0, 0.05) is 31.4 Å². The fraction of sp³-hybridized carbons (Fsp3) is 0.562. The molecule has 0 fully saturated rings. The molecular weight excluding hydrogens is 252 g/mol. The lowest BCUT2D eigenvalue weighted by atomic mass is 9.96. The number of aliphatic hydroxyl groups is 1. The fourth-order valence-electron chi connectivity index (χ4n) is 1.88. The third-order valence-electron chi connectivity index (χ3n) is 3.16. The van der Waals surface area contributed by atoms with Crippen molar-refractivity contribution >= 4 is 11.6 Å². The Labute approximate surface area is 121 Å². The number of hydrogen-bond acceptors (Lipinski definition) is 3. The first-order chi connectivity index (χ1) is 9.26. The molecule has 0 aliphatic heterocycles. The Morgan fingerprint density at radius 1 is 1.35 bits per heavy atom. The van der Waals surface area contributed by atoms with E-state index in [1.165, 1.54) is 4.90 Å². The van der Waals surface area contributed by atoms with Crippen LogP contribution in [0.15, 0.2) is 18.2 Å². The molecular formula is C16H26N2O2. The minimum atomic E-state index is -0.0593. The zero-order chi connectivity index (χ0) is 15.3. The minimum absolute atomic E-state index is 0.0246. The maximum Gasteiger partial charge on any atom is 0.254 e. The fourth-order valence-corrected chi connectivity index (χ4v) is 1.88. The predicted molar refractivity (Wildman–Crippen MR) is 83.2 cm³/mol. The van der Waals surface area contributed by atoms with Gasteiger partial charge in [0.15, 0.2) is 0 Å². The molecule has 0 unspecified atom stereocenters. The number of aliphatic hydroxyl groups excluding tert-OH is 1. The van der Waals surface area contributed by atoms with Gasteiger partial charge in [-0.25, -0.2) is 0 Å². The van der Waals surface area contributed by atoms with Crippen molar-refractivity contribution in [3.63, 3.8) is 0 Å². The quantitative estimate of drug-likeness (QED) is 0.870. The Bertz CT molecular complexity index is 464. The topological polar surface area (TPSA) is 52.6 Å². The number of nitrogens with zero attached hydrogens (tertiary/aromatic N) is 1. The van der Waals surface area contributed by atoms with Crippen molar-refractivity contribution < 1.29 is 9.90 Å². The van der Waals surface area contributed by atoms with Gasteiger partial charge in [0.2, 0.25) is 0 Å². The molecule has 4 heteroatoms. The largest absolute Gasteiger partial charge is 0.395 e. The highest BCUT2D eigenvalue weighted by Crippen LogP contribution is 2.22. The maximum absolute atomic E-state index is 12.3. The molecule has 112 valence electrons. The smallest absolute Gasteiger partial charge is 0.254 e. The van der Waals surface area contributed by atoms with E-state index < -0.39 is 0 Å². The van der Waals surface area contributed by atoms with Crippen molar-refractivity contribution in [2.45, 2.75) is 27.7 Å². The zero-order valence-corrected chi connectivity index (χ0v) is 13.2. The van der Waals surface area contributed by atoms with Crippen LogP contribution in [0.5, 0.6) is 0 Å². The van der Waals surface area contributed by atoms with Crippen LogP contribution in [-0.2, 0) is 0 Å². The van der Waals surface area contributed by atoms with Gasteiger partial charge in [-0.1, -0.05) is 26.8 Å². The highest BCUT2D eigenvalue weighted by Gasteiger charge is 2.16. The van der Waals surface area contributed by atoms with Crippen LogP contribution in [0.25, 0.3) is 0 Å². The Morgan fingerprint density at radius 2 is 2.00 bits per heavy atom. The molecule has 0 saturated heterocycles. The number of hydrogen-bond donors (Lipinski definition) is 2. The molecule has 0 aliphatic carbocycles. The zero-order valence-electron chi connectivity index (χ0n) is 13.2. The number of nitrogens with one attached hydrogen (secondary N) is 1. The molecule has 0 atom stereocenters. The molecule has 0 bridgehead atoms.